The Labute approximate surface area is 104 Å². The Morgan fingerprint density at radius 1 is 1.41 bits per heavy atom. The highest BCUT2D eigenvalue weighted by Gasteiger charge is 2.28. The minimum absolute atomic E-state index is 0.255. The van der Waals surface area contributed by atoms with Crippen molar-refractivity contribution >= 4 is 30.3 Å². The molecule has 0 saturated carbocycles. The largest absolute Gasteiger partial charge is 0.755 e. The summed E-state index contributed by atoms with van der Waals surface area (Å²) in [5.41, 5.74) is 0.388. The Morgan fingerprint density at radius 2 is 2.00 bits per heavy atom. The molecule has 0 saturated heterocycles. The lowest BCUT2D eigenvalue weighted by atomic mass is 10.3. The molecule has 0 radical (unpaired) electrons. The van der Waals surface area contributed by atoms with Crippen LogP contribution in [0.25, 0.3) is 0 Å². The second-order valence-corrected chi connectivity index (χ2v) is 5.75. The van der Waals surface area contributed by atoms with Gasteiger partial charge in [-0.2, -0.15) is 0 Å². The molecule has 1 aromatic carbocycles. The number of rotatable bonds is 5. The van der Waals surface area contributed by atoms with Gasteiger partial charge in [-0.25, -0.2) is 0 Å². The fourth-order valence-electron chi connectivity index (χ4n) is 1.43. The monoisotopic (exact) mass is 275 g/mol. The fourth-order valence-corrected chi connectivity index (χ4v) is 2.94. The Morgan fingerprint density at radius 3 is 2.47 bits per heavy atom. The first kappa shape index (κ1) is 14.3. The summed E-state index contributed by atoms with van der Waals surface area (Å²) in [4.78, 5) is 0. The van der Waals surface area contributed by atoms with E-state index in [1.807, 2.05) is 0 Å². The molecule has 0 aromatic heterocycles. The van der Waals surface area contributed by atoms with E-state index in [2.05, 4.69) is 0 Å². The van der Waals surface area contributed by atoms with Gasteiger partial charge in [-0.1, -0.05) is 12.1 Å². The van der Waals surface area contributed by atoms with E-state index in [1.165, 1.54) is 11.4 Å². The summed E-state index contributed by atoms with van der Waals surface area (Å²) >= 11 is -2.41. The van der Waals surface area contributed by atoms with Crippen molar-refractivity contribution in [1.82, 2.24) is 0 Å². The molecule has 94 valence electrons. The number of benzene rings is 1. The average molecular weight is 275 g/mol. The standard InChI is InChI=1S/C10H14NO4PS/c1-8(2)11(17(13)14)9-6-4-5-7-10(9)16(12)15-3/h4-8H,1-3H3. The molecule has 0 amide bonds. The number of hydrogen-bond donors (Lipinski definition) is 0. The Bertz CT molecular complexity index is 438. The van der Waals surface area contributed by atoms with Gasteiger partial charge in [0, 0.05) is 17.3 Å². The Balaban J connectivity index is 3.28. The predicted molar refractivity (Wildman–Crippen MR) is 67.2 cm³/mol. The Hall–Kier alpha value is -0.810. The number of anilines is 1. The maximum absolute atomic E-state index is 11.7. The van der Waals surface area contributed by atoms with Crippen LogP contribution in [-0.4, -0.2) is 21.9 Å². The van der Waals surface area contributed by atoms with Gasteiger partial charge < -0.3 is 4.55 Å². The van der Waals surface area contributed by atoms with Gasteiger partial charge in [-0.15, -0.1) is 4.52 Å². The van der Waals surface area contributed by atoms with E-state index < -0.39 is 19.3 Å². The fraction of sp³-hybridized carbons (Fsp3) is 0.400. The van der Waals surface area contributed by atoms with Crippen molar-refractivity contribution in [2.75, 3.05) is 11.4 Å². The Kier molecular flexibility index (Phi) is 5.21. The zero-order valence-electron chi connectivity index (χ0n) is 9.82. The maximum Gasteiger partial charge on any atom is 0.550 e. The first-order chi connectivity index (χ1) is 7.99. The second kappa shape index (κ2) is 6.21. The van der Waals surface area contributed by atoms with Crippen molar-refractivity contribution in [2.45, 2.75) is 19.9 Å². The summed E-state index contributed by atoms with van der Waals surface area (Å²) < 4.78 is 40.0. The van der Waals surface area contributed by atoms with Gasteiger partial charge in [-0.05, 0) is 30.5 Å². The molecule has 0 aliphatic rings. The van der Waals surface area contributed by atoms with E-state index >= 15 is 0 Å². The van der Waals surface area contributed by atoms with Crippen molar-refractivity contribution in [1.29, 1.82) is 0 Å². The first-order valence-corrected chi connectivity index (χ1v) is 7.19. The van der Waals surface area contributed by atoms with Gasteiger partial charge in [0.15, 0.2) is 0 Å². The van der Waals surface area contributed by atoms with Crippen LogP contribution in [0, 0.1) is 0 Å². The van der Waals surface area contributed by atoms with E-state index in [9.17, 15) is 13.3 Å². The second-order valence-electron chi connectivity index (χ2n) is 3.57. The zero-order chi connectivity index (χ0) is 13.0. The van der Waals surface area contributed by atoms with Crippen LogP contribution >= 0.6 is 8.03 Å². The van der Waals surface area contributed by atoms with Gasteiger partial charge in [0.2, 0.25) is 5.30 Å². The minimum Gasteiger partial charge on any atom is -0.755 e. The molecule has 17 heavy (non-hydrogen) atoms. The van der Waals surface area contributed by atoms with Crippen molar-refractivity contribution in [3.63, 3.8) is 0 Å². The van der Waals surface area contributed by atoms with Gasteiger partial charge in [0.25, 0.3) is 0 Å². The molecule has 0 bridgehead atoms. The first-order valence-electron chi connectivity index (χ1n) is 4.98. The molecule has 7 heteroatoms. The molecule has 2 atom stereocenters. The van der Waals surface area contributed by atoms with Gasteiger partial charge in [-0.3, -0.25) is 8.51 Å². The maximum atomic E-state index is 11.7. The normalized spacial score (nSPS) is 13.6. The van der Waals surface area contributed by atoms with Crippen LogP contribution in [0.3, 0.4) is 0 Å². The lowest BCUT2D eigenvalue weighted by molar-refractivity contribution is 0.423. The van der Waals surface area contributed by atoms with E-state index in [0.717, 1.165) is 0 Å². The summed E-state index contributed by atoms with van der Waals surface area (Å²) in [5.74, 6) is 0. The number of nitrogens with zero attached hydrogens (tertiary/aromatic N) is 1. The summed E-state index contributed by atoms with van der Waals surface area (Å²) in [7, 11) is -0.718. The predicted octanol–water partition coefficient (Wildman–Crippen LogP) is 1.71. The lowest BCUT2D eigenvalue weighted by Gasteiger charge is -2.29. The minimum atomic E-state index is -2.41. The van der Waals surface area contributed by atoms with Crippen LogP contribution in [0.4, 0.5) is 5.69 Å². The van der Waals surface area contributed by atoms with Crippen LogP contribution in [-0.2, 0) is 20.4 Å². The third-order valence-corrected chi connectivity index (χ3v) is 4.15. The molecule has 0 aliphatic carbocycles. The molecular formula is C10H14NO4PS. The summed E-state index contributed by atoms with van der Waals surface area (Å²) in [6.07, 6.45) is 0. The van der Waals surface area contributed by atoms with E-state index in [4.69, 9.17) is 4.52 Å². The van der Waals surface area contributed by atoms with Crippen LogP contribution in [0.15, 0.2) is 24.3 Å². The molecule has 2 unspecified atom stereocenters. The molecule has 0 heterocycles. The highest BCUT2D eigenvalue weighted by Crippen LogP contribution is 2.28. The number of para-hydroxylation sites is 1. The lowest BCUT2D eigenvalue weighted by Crippen LogP contribution is -2.35. The summed E-state index contributed by atoms with van der Waals surface area (Å²) in [5, 5.41) is 0.378. The molecule has 0 N–H and O–H groups in total. The van der Waals surface area contributed by atoms with E-state index in [-0.39, 0.29) is 6.04 Å². The third kappa shape index (κ3) is 3.33. The van der Waals surface area contributed by atoms with Gasteiger partial charge in [0.1, 0.15) is 5.69 Å². The smallest absolute Gasteiger partial charge is 0.550 e. The summed E-state index contributed by atoms with van der Waals surface area (Å²) in [6.45, 7) is 3.49. The summed E-state index contributed by atoms with van der Waals surface area (Å²) in [6, 6.07) is 6.34. The van der Waals surface area contributed by atoms with Crippen LogP contribution in [0.5, 0.6) is 0 Å². The average Bonchev–Trinajstić information content (AvgIpc) is 2.28. The SMILES string of the molecule is CO[P+](=O)c1ccccc1N(C(C)C)S(=O)[O-]. The molecule has 0 fully saturated rings. The van der Waals surface area contributed by atoms with Crippen molar-refractivity contribution in [2.24, 2.45) is 0 Å². The van der Waals surface area contributed by atoms with Gasteiger partial charge >= 0.3 is 8.03 Å². The molecule has 0 spiro atoms. The quantitative estimate of drug-likeness (QED) is 0.606. The van der Waals surface area contributed by atoms with Crippen molar-refractivity contribution in [3.05, 3.63) is 24.3 Å². The molecule has 5 nitrogen and oxygen atoms in total. The molecule has 1 aromatic rings. The topological polar surface area (TPSA) is 69.7 Å². The highest BCUT2D eigenvalue weighted by molar-refractivity contribution is 7.80. The number of hydrogen-bond acceptors (Lipinski definition) is 4. The van der Waals surface area contributed by atoms with E-state index in [0.29, 0.717) is 11.0 Å². The van der Waals surface area contributed by atoms with Crippen LogP contribution < -0.4 is 9.61 Å². The zero-order valence-corrected chi connectivity index (χ0v) is 11.5. The highest BCUT2D eigenvalue weighted by atomic mass is 32.2. The van der Waals surface area contributed by atoms with Crippen LogP contribution in [0.2, 0.25) is 0 Å². The van der Waals surface area contributed by atoms with Crippen molar-refractivity contribution < 1.29 is 17.9 Å². The van der Waals surface area contributed by atoms with E-state index in [1.54, 1.807) is 38.1 Å². The van der Waals surface area contributed by atoms with Crippen molar-refractivity contribution in [3.8, 4) is 0 Å². The van der Waals surface area contributed by atoms with Gasteiger partial charge in [0.05, 0.1) is 7.11 Å². The van der Waals surface area contributed by atoms with Crippen LogP contribution in [0.1, 0.15) is 13.8 Å². The molecule has 1 rings (SSSR count). The molecule has 0 aliphatic heterocycles. The molecular weight excluding hydrogens is 261 g/mol. The third-order valence-electron chi connectivity index (χ3n) is 2.11.